The molecule has 0 unspecified atom stereocenters. The van der Waals surface area contributed by atoms with Crippen LogP contribution in [0.1, 0.15) is 5.56 Å². The first-order valence-electron chi connectivity index (χ1n) is 6.71. The molecule has 2 aromatic heterocycles. The summed E-state index contributed by atoms with van der Waals surface area (Å²) in [6, 6.07) is 10.2. The summed E-state index contributed by atoms with van der Waals surface area (Å²) in [5.74, 6) is 0.606. The lowest BCUT2D eigenvalue weighted by atomic mass is 10.2. The largest absolute Gasteiger partial charge is 0.278 e. The van der Waals surface area contributed by atoms with Gasteiger partial charge >= 0.3 is 0 Å². The Morgan fingerprint density at radius 3 is 2.65 bits per heavy atom. The first-order chi connectivity index (χ1) is 11.0. The molecule has 1 N–H and O–H groups in total. The van der Waals surface area contributed by atoms with Gasteiger partial charge in [-0.15, -0.1) is 0 Å². The number of nitrogens with zero attached hydrogens (tertiary/aromatic N) is 3. The number of halogens is 1. The van der Waals surface area contributed by atoms with Gasteiger partial charge in [-0.2, -0.15) is 5.10 Å². The van der Waals surface area contributed by atoms with Gasteiger partial charge in [-0.05, 0) is 58.7 Å². The van der Waals surface area contributed by atoms with Crippen LogP contribution in [0.2, 0.25) is 0 Å². The van der Waals surface area contributed by atoms with Crippen LogP contribution in [0.3, 0.4) is 0 Å². The van der Waals surface area contributed by atoms with Gasteiger partial charge in [0.2, 0.25) is 0 Å². The van der Waals surface area contributed by atoms with Crippen LogP contribution < -0.4 is 4.72 Å². The second-order valence-corrected chi connectivity index (χ2v) is 7.40. The maximum absolute atomic E-state index is 12.5. The van der Waals surface area contributed by atoms with Crippen molar-refractivity contribution in [3.63, 3.8) is 0 Å². The van der Waals surface area contributed by atoms with Crippen LogP contribution in [0, 0.1) is 6.92 Å². The predicted octanol–water partition coefficient (Wildman–Crippen LogP) is 3.14. The summed E-state index contributed by atoms with van der Waals surface area (Å²) in [4.78, 5) is 4.38. The van der Waals surface area contributed by atoms with E-state index in [0.717, 1.165) is 5.56 Å². The van der Waals surface area contributed by atoms with Gasteiger partial charge in [0.1, 0.15) is 4.90 Å². The fraction of sp³-hybridized carbons (Fsp3) is 0.0667. The molecule has 0 saturated carbocycles. The minimum Gasteiger partial charge on any atom is -0.278 e. The summed E-state index contributed by atoms with van der Waals surface area (Å²) in [6.45, 7) is 1.90. The summed E-state index contributed by atoms with van der Waals surface area (Å²) < 4.78 is 29.6. The highest BCUT2D eigenvalue weighted by atomic mass is 79.9. The Morgan fingerprint density at radius 1 is 1.22 bits per heavy atom. The van der Waals surface area contributed by atoms with Crippen molar-refractivity contribution in [3.8, 4) is 5.82 Å². The number of nitrogens with one attached hydrogen (secondary N) is 1. The zero-order chi connectivity index (χ0) is 16.4. The lowest BCUT2D eigenvalue weighted by molar-refractivity contribution is 0.600. The number of sulfonamides is 1. The molecule has 0 aliphatic rings. The van der Waals surface area contributed by atoms with Gasteiger partial charge in [-0.3, -0.25) is 4.72 Å². The summed E-state index contributed by atoms with van der Waals surface area (Å²) >= 11 is 3.29. The monoisotopic (exact) mass is 392 g/mol. The minimum absolute atomic E-state index is 0.180. The topological polar surface area (TPSA) is 76.9 Å². The van der Waals surface area contributed by atoms with E-state index in [9.17, 15) is 8.42 Å². The highest BCUT2D eigenvalue weighted by Gasteiger charge is 2.18. The number of aryl methyl sites for hydroxylation is 1. The van der Waals surface area contributed by atoms with E-state index in [4.69, 9.17) is 0 Å². The van der Waals surface area contributed by atoms with Gasteiger partial charge in [-0.25, -0.2) is 18.1 Å². The van der Waals surface area contributed by atoms with Crippen LogP contribution in [-0.4, -0.2) is 23.2 Å². The second kappa shape index (κ2) is 6.13. The Balaban J connectivity index is 1.86. The molecule has 3 rings (SSSR count). The molecule has 6 nitrogen and oxygen atoms in total. The van der Waals surface area contributed by atoms with Gasteiger partial charge in [0.05, 0.1) is 11.9 Å². The number of benzene rings is 1. The third kappa shape index (κ3) is 3.43. The van der Waals surface area contributed by atoms with Crippen molar-refractivity contribution in [2.75, 3.05) is 4.72 Å². The van der Waals surface area contributed by atoms with E-state index >= 15 is 0 Å². The molecule has 3 aromatic rings. The quantitative estimate of drug-likeness (QED) is 0.739. The van der Waals surface area contributed by atoms with Gasteiger partial charge in [0, 0.05) is 16.9 Å². The van der Waals surface area contributed by atoms with Crippen molar-refractivity contribution in [1.29, 1.82) is 0 Å². The van der Waals surface area contributed by atoms with Gasteiger partial charge in [-0.1, -0.05) is 6.07 Å². The Kier molecular flexibility index (Phi) is 4.18. The third-order valence-electron chi connectivity index (χ3n) is 3.12. The molecule has 0 fully saturated rings. The summed E-state index contributed by atoms with van der Waals surface area (Å²) in [5.41, 5.74) is 1.36. The van der Waals surface area contributed by atoms with E-state index in [-0.39, 0.29) is 4.90 Å². The molecule has 2 heterocycles. The molecule has 0 atom stereocenters. The number of anilines is 1. The first-order valence-corrected chi connectivity index (χ1v) is 8.98. The molecule has 23 heavy (non-hydrogen) atoms. The fourth-order valence-corrected chi connectivity index (χ4v) is 4.26. The number of rotatable bonds is 4. The lowest BCUT2D eigenvalue weighted by Gasteiger charge is -2.10. The molecule has 0 saturated heterocycles. The number of pyridine rings is 1. The number of hydrogen-bond acceptors (Lipinski definition) is 4. The number of hydrogen-bond donors (Lipinski definition) is 1. The van der Waals surface area contributed by atoms with Crippen LogP contribution in [0.5, 0.6) is 0 Å². The molecule has 0 radical (unpaired) electrons. The summed E-state index contributed by atoms with van der Waals surface area (Å²) in [7, 11) is -3.69. The molecule has 0 aliphatic carbocycles. The third-order valence-corrected chi connectivity index (χ3v) is 5.47. The standard InChI is InChI=1S/C15H13BrN4O2S/c1-11-3-5-14(13(16)9-11)23(21,22)19-12-4-6-15(17-10-12)20-8-2-7-18-20/h2-10,19H,1H3. The highest BCUT2D eigenvalue weighted by molar-refractivity contribution is 9.10. The Bertz CT molecular complexity index is 923. The van der Waals surface area contributed by atoms with Crippen molar-refractivity contribution in [2.45, 2.75) is 11.8 Å². The summed E-state index contributed by atoms with van der Waals surface area (Å²) in [6.07, 6.45) is 4.86. The van der Waals surface area contributed by atoms with Crippen molar-refractivity contribution in [1.82, 2.24) is 14.8 Å². The maximum atomic E-state index is 12.5. The van der Waals surface area contributed by atoms with Crippen molar-refractivity contribution < 1.29 is 8.42 Å². The molecule has 118 valence electrons. The number of aromatic nitrogens is 3. The second-order valence-electron chi connectivity index (χ2n) is 4.90. The van der Waals surface area contributed by atoms with Gasteiger partial charge in [0.25, 0.3) is 10.0 Å². The highest BCUT2D eigenvalue weighted by Crippen LogP contribution is 2.25. The predicted molar refractivity (Wildman–Crippen MR) is 91.0 cm³/mol. The zero-order valence-corrected chi connectivity index (χ0v) is 14.5. The molecular weight excluding hydrogens is 380 g/mol. The van der Waals surface area contributed by atoms with Crippen molar-refractivity contribution in [2.24, 2.45) is 0 Å². The fourth-order valence-electron chi connectivity index (χ4n) is 2.02. The molecule has 0 aliphatic heterocycles. The average Bonchev–Trinajstić information content (AvgIpc) is 3.01. The normalized spacial score (nSPS) is 11.4. The smallest absolute Gasteiger partial charge is 0.263 e. The van der Waals surface area contributed by atoms with Crippen molar-refractivity contribution in [3.05, 3.63) is 65.0 Å². The molecule has 0 spiro atoms. The first kappa shape index (κ1) is 15.7. The average molecular weight is 393 g/mol. The van der Waals surface area contributed by atoms with Crippen LogP contribution in [0.25, 0.3) is 5.82 Å². The van der Waals surface area contributed by atoms with E-state index < -0.39 is 10.0 Å². The Hall–Kier alpha value is -2.19. The van der Waals surface area contributed by atoms with Crippen LogP contribution in [0.4, 0.5) is 5.69 Å². The van der Waals surface area contributed by atoms with Gasteiger partial charge < -0.3 is 0 Å². The molecular formula is C15H13BrN4O2S. The van der Waals surface area contributed by atoms with Gasteiger partial charge in [0.15, 0.2) is 5.82 Å². The van der Waals surface area contributed by atoms with E-state index in [1.54, 1.807) is 53.5 Å². The van der Waals surface area contributed by atoms with E-state index in [0.29, 0.717) is 16.0 Å². The van der Waals surface area contributed by atoms with Crippen LogP contribution >= 0.6 is 15.9 Å². The Morgan fingerprint density at radius 2 is 2.04 bits per heavy atom. The molecule has 1 aromatic carbocycles. The van der Waals surface area contributed by atoms with Crippen molar-refractivity contribution >= 4 is 31.6 Å². The maximum Gasteiger partial charge on any atom is 0.263 e. The molecule has 0 amide bonds. The van der Waals surface area contributed by atoms with Crippen LogP contribution in [-0.2, 0) is 10.0 Å². The Labute approximate surface area is 142 Å². The molecule has 8 heteroatoms. The summed E-state index contributed by atoms with van der Waals surface area (Å²) in [5, 5.41) is 4.07. The zero-order valence-electron chi connectivity index (χ0n) is 12.1. The molecule has 0 bridgehead atoms. The van der Waals surface area contributed by atoms with Crippen LogP contribution in [0.15, 0.2) is 64.4 Å². The SMILES string of the molecule is Cc1ccc(S(=O)(=O)Nc2ccc(-n3cccn3)nc2)c(Br)c1. The lowest BCUT2D eigenvalue weighted by Crippen LogP contribution is -2.14. The minimum atomic E-state index is -3.69. The van der Waals surface area contributed by atoms with E-state index in [1.807, 2.05) is 6.92 Å². The van der Waals surface area contributed by atoms with E-state index in [1.165, 1.54) is 6.20 Å². The van der Waals surface area contributed by atoms with E-state index in [2.05, 4.69) is 30.7 Å².